The zero-order chi connectivity index (χ0) is 26.9. The molecule has 0 spiro atoms. The number of benzene rings is 2. The van der Waals surface area contributed by atoms with Gasteiger partial charge in [-0.3, -0.25) is 9.78 Å². The Kier molecular flexibility index (Phi) is 9.26. The molecule has 2 atom stereocenters. The molecule has 1 unspecified atom stereocenters. The van der Waals surface area contributed by atoms with Crippen LogP contribution < -0.4 is 15.6 Å². The van der Waals surface area contributed by atoms with Gasteiger partial charge in [0.05, 0.1) is 12.2 Å². The molecule has 0 radical (unpaired) electrons. The van der Waals surface area contributed by atoms with Gasteiger partial charge in [0.25, 0.3) is 5.91 Å². The number of halogens is 2. The number of rotatable bonds is 11. The Morgan fingerprint density at radius 2 is 1.76 bits per heavy atom. The van der Waals surface area contributed by atoms with E-state index >= 15 is 0 Å². The van der Waals surface area contributed by atoms with Gasteiger partial charge >= 0.3 is 0 Å². The fraction of sp³-hybridized carbons (Fsp3) is 0.310. The van der Waals surface area contributed by atoms with E-state index in [-0.39, 0.29) is 23.9 Å². The lowest BCUT2D eigenvalue weighted by atomic mass is 9.94. The molecule has 2 N–H and O–H groups in total. The van der Waals surface area contributed by atoms with Crippen LogP contribution >= 0.6 is 0 Å². The third kappa shape index (κ3) is 7.52. The number of carbonyl (C=O) groups excluding carboxylic acids is 1. The zero-order valence-corrected chi connectivity index (χ0v) is 21.6. The molecular weight excluding hydrogens is 486 g/mol. The lowest BCUT2D eigenvalue weighted by molar-refractivity contribution is -0.118. The van der Waals surface area contributed by atoms with E-state index in [9.17, 15) is 13.6 Å². The van der Waals surface area contributed by atoms with Crippen molar-refractivity contribution in [2.24, 2.45) is 16.3 Å². The highest BCUT2D eigenvalue weighted by Crippen LogP contribution is 2.19. The summed E-state index contributed by atoms with van der Waals surface area (Å²) in [6.07, 6.45) is 6.25. The van der Waals surface area contributed by atoms with Crippen LogP contribution in [-0.2, 0) is 24.2 Å². The second-order valence-electron chi connectivity index (χ2n) is 9.41. The standard InChI is InChI=1S/C29H32F2N6O/c1-3-21-5-4-6-22(13-21)19-33-18-20(2)28(16-23-14-24(30)17-25(31)15-23)34-29(38)27-9-12-37(36-35-27)26-7-10-32-11-8-26/h4-11,13-15,17,20,28,33H,3,12,16,18-19H2,1-2H3,(H,34,38)/t20-,28?/m1/s1. The number of aromatic nitrogens is 1. The Balaban J connectivity index is 1.42. The Hall–Kier alpha value is -3.98. The second kappa shape index (κ2) is 13.0. The first-order valence-electron chi connectivity index (χ1n) is 12.7. The summed E-state index contributed by atoms with van der Waals surface area (Å²) >= 11 is 0. The summed E-state index contributed by atoms with van der Waals surface area (Å²) < 4.78 is 27.8. The number of anilines is 1. The van der Waals surface area contributed by atoms with Crippen LogP contribution in [0.3, 0.4) is 0 Å². The van der Waals surface area contributed by atoms with Gasteiger partial charge in [0, 0.05) is 31.0 Å². The molecule has 1 aliphatic heterocycles. The van der Waals surface area contributed by atoms with Crippen LogP contribution in [0.5, 0.6) is 0 Å². The van der Waals surface area contributed by atoms with Crippen molar-refractivity contribution < 1.29 is 13.6 Å². The number of hydrogen-bond acceptors (Lipinski definition) is 6. The summed E-state index contributed by atoms with van der Waals surface area (Å²) in [6.45, 7) is 5.77. The van der Waals surface area contributed by atoms with E-state index in [0.717, 1.165) is 18.2 Å². The van der Waals surface area contributed by atoms with E-state index in [0.29, 0.717) is 25.2 Å². The normalized spacial score (nSPS) is 14.6. The van der Waals surface area contributed by atoms with Gasteiger partial charge in [-0.05, 0) is 72.3 Å². The molecule has 0 saturated heterocycles. The van der Waals surface area contributed by atoms with E-state index in [1.807, 2.05) is 13.0 Å². The Morgan fingerprint density at radius 3 is 2.45 bits per heavy atom. The van der Waals surface area contributed by atoms with Gasteiger partial charge in [-0.2, -0.15) is 0 Å². The quantitative estimate of drug-likeness (QED) is 0.368. The van der Waals surface area contributed by atoms with Crippen LogP contribution in [0.4, 0.5) is 14.5 Å². The molecule has 4 rings (SSSR count). The van der Waals surface area contributed by atoms with Crippen molar-refractivity contribution in [3.63, 3.8) is 0 Å². The van der Waals surface area contributed by atoms with E-state index in [1.54, 1.807) is 35.6 Å². The van der Waals surface area contributed by atoms with Crippen LogP contribution in [0.15, 0.2) is 89.1 Å². The molecule has 0 fully saturated rings. The molecule has 198 valence electrons. The van der Waals surface area contributed by atoms with Crippen molar-refractivity contribution in [3.05, 3.63) is 107 Å². The maximum Gasteiger partial charge on any atom is 0.271 e. The van der Waals surface area contributed by atoms with Crippen LogP contribution in [0, 0.1) is 17.6 Å². The number of amides is 1. The van der Waals surface area contributed by atoms with E-state index in [2.05, 4.69) is 51.1 Å². The monoisotopic (exact) mass is 518 g/mol. The minimum Gasteiger partial charge on any atom is -0.347 e. The molecule has 2 aromatic carbocycles. The fourth-order valence-corrected chi connectivity index (χ4v) is 4.33. The lowest BCUT2D eigenvalue weighted by Gasteiger charge is -2.27. The molecule has 2 heterocycles. The average Bonchev–Trinajstić information content (AvgIpc) is 2.92. The van der Waals surface area contributed by atoms with Crippen LogP contribution in [0.1, 0.15) is 30.5 Å². The number of pyridine rings is 1. The summed E-state index contributed by atoms with van der Waals surface area (Å²) in [4.78, 5) is 17.1. The largest absolute Gasteiger partial charge is 0.347 e. The highest BCUT2D eigenvalue weighted by Gasteiger charge is 2.24. The first-order valence-corrected chi connectivity index (χ1v) is 12.7. The van der Waals surface area contributed by atoms with Gasteiger partial charge in [0.1, 0.15) is 17.3 Å². The van der Waals surface area contributed by atoms with Crippen molar-refractivity contribution in [1.82, 2.24) is 15.6 Å². The Bertz CT molecular complexity index is 1280. The number of nitrogens with one attached hydrogen (secondary N) is 2. The van der Waals surface area contributed by atoms with Crippen molar-refractivity contribution >= 4 is 11.6 Å². The molecule has 9 heteroatoms. The number of hydrogen-bond donors (Lipinski definition) is 2. The predicted octanol–water partition coefficient (Wildman–Crippen LogP) is 5.15. The Labute approximate surface area is 221 Å². The molecule has 1 aromatic heterocycles. The van der Waals surface area contributed by atoms with Gasteiger partial charge in [-0.1, -0.05) is 43.3 Å². The van der Waals surface area contributed by atoms with Crippen LogP contribution in [0.2, 0.25) is 0 Å². The first kappa shape index (κ1) is 27.1. The fourth-order valence-electron chi connectivity index (χ4n) is 4.33. The topological polar surface area (TPSA) is 82.0 Å². The first-order chi connectivity index (χ1) is 18.4. The predicted molar refractivity (Wildman–Crippen MR) is 143 cm³/mol. The number of carbonyl (C=O) groups is 1. The smallest absolute Gasteiger partial charge is 0.271 e. The summed E-state index contributed by atoms with van der Waals surface area (Å²) in [7, 11) is 0. The maximum absolute atomic E-state index is 13.9. The molecular formula is C29H32F2N6O. The minimum absolute atomic E-state index is 0.0471. The van der Waals surface area contributed by atoms with E-state index in [1.165, 1.54) is 23.3 Å². The SMILES string of the molecule is CCc1cccc(CNC[C@@H](C)C(Cc2cc(F)cc(F)c2)NC(=O)C2=CCN(c3ccncc3)N=N2)c1. The highest BCUT2D eigenvalue weighted by atomic mass is 19.1. The molecule has 1 amide bonds. The van der Waals surface area contributed by atoms with E-state index < -0.39 is 17.7 Å². The molecule has 38 heavy (non-hydrogen) atoms. The van der Waals surface area contributed by atoms with Crippen LogP contribution in [-0.4, -0.2) is 30.0 Å². The molecule has 0 saturated carbocycles. The van der Waals surface area contributed by atoms with Crippen molar-refractivity contribution in [3.8, 4) is 0 Å². The minimum atomic E-state index is -0.647. The maximum atomic E-state index is 13.9. The third-order valence-corrected chi connectivity index (χ3v) is 6.49. The van der Waals surface area contributed by atoms with Crippen LogP contribution in [0.25, 0.3) is 0 Å². The second-order valence-corrected chi connectivity index (χ2v) is 9.41. The number of aryl methyl sites for hydroxylation is 1. The lowest BCUT2D eigenvalue weighted by Crippen LogP contribution is -2.45. The van der Waals surface area contributed by atoms with Crippen molar-refractivity contribution in [2.75, 3.05) is 18.1 Å². The zero-order valence-electron chi connectivity index (χ0n) is 21.6. The van der Waals surface area contributed by atoms with Gasteiger partial charge in [0.15, 0.2) is 0 Å². The average molecular weight is 519 g/mol. The van der Waals surface area contributed by atoms with Crippen molar-refractivity contribution in [1.29, 1.82) is 0 Å². The van der Waals surface area contributed by atoms with Crippen molar-refractivity contribution in [2.45, 2.75) is 39.3 Å². The molecule has 7 nitrogen and oxygen atoms in total. The van der Waals surface area contributed by atoms with Gasteiger partial charge in [-0.15, -0.1) is 5.11 Å². The Morgan fingerprint density at radius 1 is 1.03 bits per heavy atom. The molecule has 3 aromatic rings. The molecule has 0 bridgehead atoms. The molecule has 1 aliphatic rings. The van der Waals surface area contributed by atoms with Gasteiger partial charge < -0.3 is 10.6 Å². The summed E-state index contributed by atoms with van der Waals surface area (Å²) in [5.41, 5.74) is 3.93. The van der Waals surface area contributed by atoms with Gasteiger partial charge in [0.2, 0.25) is 0 Å². The summed E-state index contributed by atoms with van der Waals surface area (Å²) in [5, 5.41) is 16.4. The summed E-state index contributed by atoms with van der Waals surface area (Å²) in [5.74, 6) is -1.72. The molecule has 0 aliphatic carbocycles. The number of nitrogens with zero attached hydrogens (tertiary/aromatic N) is 4. The summed E-state index contributed by atoms with van der Waals surface area (Å²) in [6, 6.07) is 15.0. The van der Waals surface area contributed by atoms with E-state index in [4.69, 9.17) is 0 Å². The third-order valence-electron chi connectivity index (χ3n) is 6.49. The van der Waals surface area contributed by atoms with Gasteiger partial charge in [-0.25, -0.2) is 13.8 Å². The highest BCUT2D eigenvalue weighted by molar-refractivity contribution is 5.93.